The van der Waals surface area contributed by atoms with Gasteiger partial charge in [0.2, 0.25) is 10.0 Å². The van der Waals surface area contributed by atoms with Crippen LogP contribution in [0.1, 0.15) is 27.2 Å². The maximum Gasteiger partial charge on any atom is 0.326 e. The Morgan fingerprint density at radius 2 is 1.83 bits per heavy atom. The minimum Gasteiger partial charge on any atom is -0.323 e. The molecule has 2 aliphatic heterocycles. The van der Waals surface area contributed by atoms with Crippen LogP contribution in [-0.4, -0.2) is 72.8 Å². The number of carbonyl (C=O) groups excluding carboxylic acids is 2. The zero-order valence-corrected chi connectivity index (χ0v) is 18.5. The number of halogens is 1. The molecule has 160 valence electrons. The molecule has 2 aliphatic rings. The van der Waals surface area contributed by atoms with Crippen molar-refractivity contribution in [3.8, 4) is 0 Å². The van der Waals surface area contributed by atoms with Crippen LogP contribution in [0.2, 0.25) is 5.02 Å². The summed E-state index contributed by atoms with van der Waals surface area (Å²) < 4.78 is 27.0. The van der Waals surface area contributed by atoms with Gasteiger partial charge in [-0.15, -0.1) is 0 Å². The molecule has 2 saturated heterocycles. The number of benzene rings is 1. The first-order valence-electron chi connectivity index (χ1n) is 9.65. The highest BCUT2D eigenvalue weighted by molar-refractivity contribution is 7.89. The van der Waals surface area contributed by atoms with Crippen LogP contribution in [0.4, 0.5) is 4.79 Å². The number of hydrogen-bond acceptors (Lipinski definition) is 5. The summed E-state index contributed by atoms with van der Waals surface area (Å²) >= 11 is 5.92. The van der Waals surface area contributed by atoms with E-state index < -0.39 is 21.6 Å². The van der Waals surface area contributed by atoms with Gasteiger partial charge in [0.1, 0.15) is 5.54 Å². The van der Waals surface area contributed by atoms with Gasteiger partial charge in [0.05, 0.1) is 11.6 Å². The van der Waals surface area contributed by atoms with Gasteiger partial charge in [-0.3, -0.25) is 9.69 Å². The number of amides is 3. The van der Waals surface area contributed by atoms with Gasteiger partial charge in [-0.25, -0.2) is 18.1 Å². The van der Waals surface area contributed by atoms with Gasteiger partial charge in [-0.1, -0.05) is 31.5 Å². The lowest BCUT2D eigenvalue weighted by atomic mass is 9.91. The van der Waals surface area contributed by atoms with Crippen LogP contribution in [0.5, 0.6) is 0 Å². The van der Waals surface area contributed by atoms with E-state index in [9.17, 15) is 18.0 Å². The molecule has 1 aromatic carbocycles. The Bertz CT molecular complexity index is 899. The summed E-state index contributed by atoms with van der Waals surface area (Å²) in [6.07, 6.45) is 0.569. The zero-order valence-electron chi connectivity index (χ0n) is 16.9. The molecule has 2 fully saturated rings. The number of imide groups is 1. The maximum atomic E-state index is 12.8. The van der Waals surface area contributed by atoms with E-state index >= 15 is 0 Å². The molecule has 3 amide bonds. The zero-order chi connectivity index (χ0) is 21.4. The molecule has 0 unspecified atom stereocenters. The highest BCUT2D eigenvalue weighted by Gasteiger charge is 2.48. The van der Waals surface area contributed by atoms with E-state index in [-0.39, 0.29) is 36.5 Å². The van der Waals surface area contributed by atoms with Crippen molar-refractivity contribution in [3.63, 3.8) is 0 Å². The van der Waals surface area contributed by atoms with E-state index in [2.05, 4.69) is 5.32 Å². The topological polar surface area (TPSA) is 90.0 Å². The third kappa shape index (κ3) is 4.58. The van der Waals surface area contributed by atoms with Crippen molar-refractivity contribution in [2.75, 3.05) is 32.8 Å². The van der Waals surface area contributed by atoms with E-state index in [0.717, 1.165) is 0 Å². The van der Waals surface area contributed by atoms with Crippen LogP contribution in [0.15, 0.2) is 29.2 Å². The lowest BCUT2D eigenvalue weighted by Crippen LogP contribution is -2.53. The van der Waals surface area contributed by atoms with Crippen molar-refractivity contribution in [1.29, 1.82) is 0 Å². The lowest BCUT2D eigenvalue weighted by molar-refractivity contribution is -0.133. The first kappa shape index (κ1) is 22.0. The van der Waals surface area contributed by atoms with Gasteiger partial charge in [-0.2, -0.15) is 4.31 Å². The Morgan fingerprint density at radius 1 is 1.17 bits per heavy atom. The minimum atomic E-state index is -3.63. The van der Waals surface area contributed by atoms with Crippen molar-refractivity contribution < 1.29 is 18.0 Å². The van der Waals surface area contributed by atoms with Crippen molar-refractivity contribution in [1.82, 2.24) is 19.4 Å². The summed E-state index contributed by atoms with van der Waals surface area (Å²) in [4.78, 5) is 28.4. The van der Waals surface area contributed by atoms with Crippen molar-refractivity contribution in [2.45, 2.75) is 37.6 Å². The molecule has 10 heteroatoms. The standard InChI is InChI=1S/C19H27ClN4O4S/c1-14(2)12-19(3)17(25)24(18(26)21-19)13-22-7-9-23(10-8-22)29(27,28)16-6-4-5-15(20)11-16/h4-6,11,14H,7-10,12-13H2,1-3H3,(H,21,26)/t19-/m0/s1. The fourth-order valence-electron chi connectivity index (χ4n) is 3.92. The summed E-state index contributed by atoms with van der Waals surface area (Å²) in [6.45, 7) is 7.34. The predicted molar refractivity (Wildman–Crippen MR) is 110 cm³/mol. The number of piperazine rings is 1. The monoisotopic (exact) mass is 442 g/mol. The second-order valence-corrected chi connectivity index (χ2v) is 10.6. The van der Waals surface area contributed by atoms with Gasteiger partial charge >= 0.3 is 6.03 Å². The molecule has 0 radical (unpaired) electrons. The summed E-state index contributed by atoms with van der Waals surface area (Å²) in [5, 5.41) is 3.17. The van der Waals surface area contributed by atoms with Crippen molar-refractivity contribution >= 4 is 33.6 Å². The van der Waals surface area contributed by atoms with E-state index in [0.29, 0.717) is 24.5 Å². The van der Waals surface area contributed by atoms with Crippen molar-refractivity contribution in [3.05, 3.63) is 29.3 Å². The third-order valence-corrected chi connectivity index (χ3v) is 7.40. The van der Waals surface area contributed by atoms with E-state index in [4.69, 9.17) is 11.6 Å². The van der Waals surface area contributed by atoms with E-state index in [1.165, 1.54) is 21.3 Å². The molecule has 1 aromatic rings. The van der Waals surface area contributed by atoms with Gasteiger partial charge in [0.25, 0.3) is 5.91 Å². The number of sulfonamides is 1. The van der Waals surface area contributed by atoms with Crippen LogP contribution in [-0.2, 0) is 14.8 Å². The second-order valence-electron chi connectivity index (χ2n) is 8.21. The highest BCUT2D eigenvalue weighted by atomic mass is 35.5. The number of rotatable bonds is 6. The normalized spacial score (nSPS) is 24.4. The van der Waals surface area contributed by atoms with Crippen LogP contribution in [0.25, 0.3) is 0 Å². The molecule has 0 aromatic heterocycles. The molecule has 0 saturated carbocycles. The summed E-state index contributed by atoms with van der Waals surface area (Å²) in [7, 11) is -3.63. The van der Waals surface area contributed by atoms with E-state index in [1.807, 2.05) is 18.7 Å². The quantitative estimate of drug-likeness (QED) is 0.680. The van der Waals surface area contributed by atoms with Gasteiger partial charge in [-0.05, 0) is 37.5 Å². The van der Waals surface area contributed by atoms with E-state index in [1.54, 1.807) is 19.1 Å². The first-order chi connectivity index (χ1) is 13.5. The molecule has 3 rings (SSSR count). The van der Waals surface area contributed by atoms with Crippen molar-refractivity contribution in [2.24, 2.45) is 5.92 Å². The summed E-state index contributed by atoms with van der Waals surface area (Å²) in [5.41, 5.74) is -0.886. The smallest absolute Gasteiger partial charge is 0.323 e. The Hall–Kier alpha value is -1.68. The summed E-state index contributed by atoms with van der Waals surface area (Å²) in [5.74, 6) is 0.0367. The average molecular weight is 443 g/mol. The number of hydrogen-bond donors (Lipinski definition) is 1. The van der Waals surface area contributed by atoms with Crippen LogP contribution in [0.3, 0.4) is 0 Å². The highest BCUT2D eigenvalue weighted by Crippen LogP contribution is 2.26. The Kier molecular flexibility index (Phi) is 6.24. The SMILES string of the molecule is CC(C)C[C@]1(C)NC(=O)N(CN2CCN(S(=O)(=O)c3cccc(Cl)c3)CC2)C1=O. The molecule has 29 heavy (non-hydrogen) atoms. The van der Waals surface area contributed by atoms with Gasteiger partial charge in [0.15, 0.2) is 0 Å². The fraction of sp³-hybridized carbons (Fsp3) is 0.579. The lowest BCUT2D eigenvalue weighted by Gasteiger charge is -2.35. The largest absolute Gasteiger partial charge is 0.326 e. The molecular formula is C19H27ClN4O4S. The number of carbonyl (C=O) groups is 2. The average Bonchev–Trinajstić information content (AvgIpc) is 2.84. The van der Waals surface area contributed by atoms with Gasteiger partial charge < -0.3 is 5.32 Å². The predicted octanol–water partition coefficient (Wildman–Crippen LogP) is 1.96. The number of nitrogens with zero attached hydrogens (tertiary/aromatic N) is 3. The molecule has 1 N–H and O–H groups in total. The number of nitrogens with one attached hydrogen (secondary N) is 1. The Morgan fingerprint density at radius 3 is 2.41 bits per heavy atom. The van der Waals surface area contributed by atoms with Gasteiger partial charge in [0, 0.05) is 31.2 Å². The van der Waals surface area contributed by atoms with Crippen LogP contribution >= 0.6 is 11.6 Å². The molecule has 0 bridgehead atoms. The Balaban J connectivity index is 1.62. The first-order valence-corrected chi connectivity index (χ1v) is 11.5. The fourth-order valence-corrected chi connectivity index (χ4v) is 5.64. The van der Waals surface area contributed by atoms with Crippen LogP contribution < -0.4 is 5.32 Å². The molecular weight excluding hydrogens is 416 g/mol. The maximum absolute atomic E-state index is 12.8. The minimum absolute atomic E-state index is 0.156. The third-order valence-electron chi connectivity index (χ3n) is 5.27. The molecule has 0 aliphatic carbocycles. The van der Waals surface area contributed by atoms with Crippen LogP contribution in [0, 0.1) is 5.92 Å². The number of urea groups is 1. The molecule has 2 heterocycles. The molecule has 8 nitrogen and oxygen atoms in total. The molecule has 0 spiro atoms. The Labute approximate surface area is 176 Å². The summed E-state index contributed by atoms with van der Waals surface area (Å²) in [6, 6.07) is 5.80. The second kappa shape index (κ2) is 8.22. The molecule has 1 atom stereocenters.